The number of hydrogen-bond donors (Lipinski definition) is 0. The van der Waals surface area contributed by atoms with Crippen LogP contribution in [0.1, 0.15) is 111 Å². The van der Waals surface area contributed by atoms with E-state index in [1.54, 1.807) is 5.56 Å². The normalized spacial score (nSPS) is 42.5. The van der Waals surface area contributed by atoms with Gasteiger partial charge in [0.25, 0.3) is 0 Å². The van der Waals surface area contributed by atoms with E-state index in [0.717, 1.165) is 53.3 Å². The highest BCUT2D eigenvalue weighted by atomic mass is 14.6. The van der Waals surface area contributed by atoms with Crippen molar-refractivity contribution in [3.63, 3.8) is 0 Å². The highest BCUT2D eigenvalue weighted by Gasteiger charge is 2.60. The fourth-order valence-electron chi connectivity index (χ4n) is 10.2. The Balaban J connectivity index is 1.48. The molecule has 0 heterocycles. The summed E-state index contributed by atoms with van der Waals surface area (Å²) in [7, 11) is 0. The molecule has 0 amide bonds. The van der Waals surface area contributed by atoms with Crippen molar-refractivity contribution in [2.24, 2.45) is 58.2 Å². The minimum Gasteiger partial charge on any atom is -0.0622 e. The summed E-state index contributed by atoms with van der Waals surface area (Å²) in [4.78, 5) is 0. The first-order valence-corrected chi connectivity index (χ1v) is 14.2. The van der Waals surface area contributed by atoms with Gasteiger partial charge in [0.1, 0.15) is 0 Å². The Kier molecular flexibility index (Phi) is 6.08. The number of rotatable bonds is 3. The lowest BCUT2D eigenvalue weighted by Gasteiger charge is -2.48. The van der Waals surface area contributed by atoms with Crippen LogP contribution in [0.5, 0.6) is 0 Å². The Morgan fingerprint density at radius 3 is 2.03 bits per heavy atom. The molecular formula is C32H50. The van der Waals surface area contributed by atoms with Gasteiger partial charge in [-0.25, -0.2) is 0 Å². The van der Waals surface area contributed by atoms with Gasteiger partial charge >= 0.3 is 0 Å². The van der Waals surface area contributed by atoms with Crippen molar-refractivity contribution < 1.29 is 0 Å². The molecule has 1 aromatic rings. The number of fused-ring (bicyclic) bond motifs is 3. The third-order valence-corrected chi connectivity index (χ3v) is 11.5. The van der Waals surface area contributed by atoms with Crippen LogP contribution in [0.2, 0.25) is 0 Å². The summed E-state index contributed by atoms with van der Waals surface area (Å²) in [6, 6.07) is 11.7. The molecule has 5 rings (SSSR count). The van der Waals surface area contributed by atoms with Crippen LogP contribution in [0.3, 0.4) is 0 Å². The summed E-state index contributed by atoms with van der Waals surface area (Å²) >= 11 is 0. The maximum absolute atomic E-state index is 2.74. The maximum Gasteiger partial charge on any atom is -0.0128 e. The molecule has 1 aromatic carbocycles. The van der Waals surface area contributed by atoms with Gasteiger partial charge in [-0.15, -0.1) is 0 Å². The molecule has 0 aliphatic heterocycles. The first-order valence-electron chi connectivity index (χ1n) is 14.2. The zero-order valence-electron chi connectivity index (χ0n) is 21.9. The van der Waals surface area contributed by atoms with Crippen molar-refractivity contribution in [2.75, 3.05) is 0 Å². The van der Waals surface area contributed by atoms with Gasteiger partial charge in [0.05, 0.1) is 0 Å². The second-order valence-electron chi connectivity index (χ2n) is 14.3. The molecule has 0 nitrogen and oxygen atoms in total. The zero-order valence-corrected chi connectivity index (χ0v) is 21.9. The first-order chi connectivity index (χ1) is 15.2. The van der Waals surface area contributed by atoms with Crippen molar-refractivity contribution in [3.8, 4) is 0 Å². The van der Waals surface area contributed by atoms with E-state index < -0.39 is 0 Å². The molecule has 9 atom stereocenters. The van der Waals surface area contributed by atoms with Gasteiger partial charge in [-0.2, -0.15) is 0 Å². The van der Waals surface area contributed by atoms with Gasteiger partial charge < -0.3 is 0 Å². The molecule has 4 aliphatic carbocycles. The fourth-order valence-corrected chi connectivity index (χ4v) is 10.2. The Morgan fingerprint density at radius 1 is 0.719 bits per heavy atom. The standard InChI is InChI=1S/C32H50/c1-21-19-23(31(2,3)4)20-28(21)32(5,6)30-26-16-11-10-15-25(26)29-24(17-12-18-27(29)30)22-13-8-7-9-14-22/h7-9,13-14,21,23-30H,10-12,15-20H2,1-6H3. The van der Waals surface area contributed by atoms with Crippen molar-refractivity contribution >= 4 is 0 Å². The summed E-state index contributed by atoms with van der Waals surface area (Å²) in [5.41, 5.74) is 2.61. The molecule has 178 valence electrons. The van der Waals surface area contributed by atoms with Gasteiger partial charge in [0.2, 0.25) is 0 Å². The molecule has 4 aliphatic rings. The molecule has 0 heteroatoms. The fraction of sp³-hybridized carbons (Fsp3) is 0.812. The van der Waals surface area contributed by atoms with Gasteiger partial charge in [0, 0.05) is 0 Å². The number of hydrogen-bond acceptors (Lipinski definition) is 0. The van der Waals surface area contributed by atoms with Gasteiger partial charge in [-0.3, -0.25) is 0 Å². The Hall–Kier alpha value is -0.780. The molecule has 9 unspecified atom stereocenters. The van der Waals surface area contributed by atoms with E-state index >= 15 is 0 Å². The van der Waals surface area contributed by atoms with E-state index in [1.807, 2.05) is 0 Å². The van der Waals surface area contributed by atoms with Crippen molar-refractivity contribution in [3.05, 3.63) is 35.9 Å². The van der Waals surface area contributed by atoms with Gasteiger partial charge in [-0.1, -0.05) is 91.1 Å². The van der Waals surface area contributed by atoms with Crippen LogP contribution < -0.4 is 0 Å². The van der Waals surface area contributed by atoms with Crippen LogP contribution in [0.15, 0.2) is 30.3 Å². The quantitative estimate of drug-likeness (QED) is 0.444. The largest absolute Gasteiger partial charge is 0.0622 e. The maximum atomic E-state index is 2.74. The SMILES string of the molecule is CC1CC(C(C)(C)C)CC1C(C)(C)C1C2CCCCC2C2C(c3ccccc3)CCCC21. The van der Waals surface area contributed by atoms with Crippen LogP contribution in [-0.4, -0.2) is 0 Å². The lowest BCUT2D eigenvalue weighted by molar-refractivity contribution is 0.0118. The Morgan fingerprint density at radius 2 is 1.38 bits per heavy atom. The van der Waals surface area contributed by atoms with E-state index in [9.17, 15) is 0 Å². The molecular weight excluding hydrogens is 384 g/mol. The van der Waals surface area contributed by atoms with Crippen molar-refractivity contribution in [1.29, 1.82) is 0 Å². The van der Waals surface area contributed by atoms with E-state index in [2.05, 4.69) is 71.9 Å². The highest BCUT2D eigenvalue weighted by molar-refractivity contribution is 5.24. The summed E-state index contributed by atoms with van der Waals surface area (Å²) in [6.07, 6.45) is 13.4. The van der Waals surface area contributed by atoms with Crippen LogP contribution in [0.25, 0.3) is 0 Å². The molecule has 0 bridgehead atoms. The van der Waals surface area contributed by atoms with Gasteiger partial charge in [-0.05, 0) is 108 Å². The predicted octanol–water partition coefficient (Wildman–Crippen LogP) is 9.36. The zero-order chi connectivity index (χ0) is 22.7. The molecule has 32 heavy (non-hydrogen) atoms. The van der Waals surface area contributed by atoms with E-state index in [0.29, 0.717) is 10.8 Å². The second kappa shape index (κ2) is 8.46. The molecule has 0 aromatic heterocycles. The summed E-state index contributed by atoms with van der Waals surface area (Å²) in [5, 5.41) is 0. The van der Waals surface area contributed by atoms with Crippen molar-refractivity contribution in [1.82, 2.24) is 0 Å². The lowest BCUT2D eigenvalue weighted by Crippen LogP contribution is -2.41. The Labute approximate surface area is 199 Å². The Bertz CT molecular complexity index is 767. The predicted molar refractivity (Wildman–Crippen MR) is 138 cm³/mol. The average molecular weight is 435 g/mol. The van der Waals surface area contributed by atoms with E-state index in [4.69, 9.17) is 0 Å². The van der Waals surface area contributed by atoms with E-state index in [-0.39, 0.29) is 0 Å². The van der Waals surface area contributed by atoms with Crippen LogP contribution in [0.4, 0.5) is 0 Å². The van der Waals surface area contributed by atoms with Crippen LogP contribution in [0, 0.1) is 58.2 Å². The second-order valence-corrected chi connectivity index (χ2v) is 14.3. The van der Waals surface area contributed by atoms with Crippen LogP contribution in [-0.2, 0) is 0 Å². The third-order valence-electron chi connectivity index (χ3n) is 11.5. The number of benzene rings is 1. The monoisotopic (exact) mass is 434 g/mol. The highest BCUT2D eigenvalue weighted by Crippen LogP contribution is 2.67. The summed E-state index contributed by atoms with van der Waals surface area (Å²) < 4.78 is 0. The average Bonchev–Trinajstić information content (AvgIpc) is 3.33. The third kappa shape index (κ3) is 3.80. The molecule has 0 radical (unpaired) electrons. The van der Waals surface area contributed by atoms with E-state index in [1.165, 1.54) is 57.8 Å². The van der Waals surface area contributed by atoms with Crippen LogP contribution >= 0.6 is 0 Å². The molecule has 0 saturated heterocycles. The first kappa shape index (κ1) is 23.0. The topological polar surface area (TPSA) is 0 Å². The summed E-state index contributed by atoms with van der Waals surface area (Å²) in [6.45, 7) is 15.6. The summed E-state index contributed by atoms with van der Waals surface area (Å²) in [5.74, 6) is 8.41. The minimum atomic E-state index is 0.466. The molecule has 4 saturated carbocycles. The molecule has 0 N–H and O–H groups in total. The smallest absolute Gasteiger partial charge is 0.0128 e. The van der Waals surface area contributed by atoms with Crippen molar-refractivity contribution in [2.45, 2.75) is 105 Å². The molecule has 0 spiro atoms. The lowest BCUT2D eigenvalue weighted by atomic mass is 9.57. The van der Waals surface area contributed by atoms with Gasteiger partial charge in [0.15, 0.2) is 0 Å². The molecule has 4 fully saturated rings. The minimum absolute atomic E-state index is 0.466.